The van der Waals surface area contributed by atoms with E-state index < -0.39 is 11.9 Å². The molecule has 1 amide bonds. The number of nitrogens with zero attached hydrogens (tertiary/aromatic N) is 4. The third-order valence-corrected chi connectivity index (χ3v) is 4.40. The Bertz CT molecular complexity index is 979. The highest BCUT2D eigenvalue weighted by molar-refractivity contribution is 6.07. The lowest BCUT2D eigenvalue weighted by Crippen LogP contribution is -2.17. The predicted octanol–water partition coefficient (Wildman–Crippen LogP) is 2.58. The first-order valence-corrected chi connectivity index (χ1v) is 8.51. The van der Waals surface area contributed by atoms with Crippen LogP contribution in [0.2, 0.25) is 0 Å². The lowest BCUT2D eigenvalue weighted by Gasteiger charge is -2.11. The van der Waals surface area contributed by atoms with Gasteiger partial charge in [0.05, 0.1) is 18.4 Å². The van der Waals surface area contributed by atoms with E-state index in [0.717, 1.165) is 18.4 Å². The first-order valence-electron chi connectivity index (χ1n) is 8.51. The quantitative estimate of drug-likeness (QED) is 0.700. The molecule has 2 heterocycles. The van der Waals surface area contributed by atoms with Crippen molar-refractivity contribution in [1.29, 1.82) is 0 Å². The summed E-state index contributed by atoms with van der Waals surface area (Å²) in [5, 5.41) is 10.8. The molecule has 0 spiro atoms. The highest BCUT2D eigenvalue weighted by Crippen LogP contribution is 2.41. The normalized spacial score (nSPS) is 13.2. The summed E-state index contributed by atoms with van der Waals surface area (Å²) >= 11 is 0. The van der Waals surface area contributed by atoms with Crippen LogP contribution in [0.5, 0.6) is 0 Å². The molecule has 0 atom stereocenters. The number of aromatic nitrogens is 4. The van der Waals surface area contributed by atoms with Crippen molar-refractivity contribution in [2.45, 2.75) is 18.8 Å². The monoisotopic (exact) mass is 363 g/mol. The van der Waals surface area contributed by atoms with Gasteiger partial charge in [-0.05, 0) is 48.6 Å². The molecule has 1 aliphatic carbocycles. The standard InChI is InChI=1S/C19H17N5O3/c1-27-19(26)14-5-4-13(12-2-3-12)10-16(14)21-18(25)15-6-7-17(23-22-15)24-9-8-20-11-24/h4-12H,2-3H2,1H3,(H,21,25). The number of hydrogen-bond acceptors (Lipinski definition) is 6. The van der Waals surface area contributed by atoms with Gasteiger partial charge in [0, 0.05) is 12.4 Å². The minimum Gasteiger partial charge on any atom is -0.465 e. The highest BCUT2D eigenvalue weighted by atomic mass is 16.5. The summed E-state index contributed by atoms with van der Waals surface area (Å²) < 4.78 is 6.49. The number of methoxy groups -OCH3 is 1. The van der Waals surface area contributed by atoms with E-state index in [4.69, 9.17) is 4.74 Å². The Morgan fingerprint density at radius 3 is 2.67 bits per heavy atom. The maximum Gasteiger partial charge on any atom is 0.339 e. The second-order valence-corrected chi connectivity index (χ2v) is 6.27. The van der Waals surface area contributed by atoms with E-state index in [1.807, 2.05) is 12.1 Å². The third-order valence-electron chi connectivity index (χ3n) is 4.40. The van der Waals surface area contributed by atoms with Gasteiger partial charge in [-0.1, -0.05) is 6.07 Å². The summed E-state index contributed by atoms with van der Waals surface area (Å²) in [4.78, 5) is 28.5. The van der Waals surface area contributed by atoms with Crippen LogP contribution in [0, 0.1) is 0 Å². The number of imidazole rings is 1. The van der Waals surface area contributed by atoms with Gasteiger partial charge in [-0.2, -0.15) is 0 Å². The number of ether oxygens (including phenoxy) is 1. The SMILES string of the molecule is COC(=O)c1ccc(C2CC2)cc1NC(=O)c1ccc(-n2ccnc2)nn1. The number of carbonyl (C=O) groups excluding carboxylic acids is 2. The first kappa shape index (κ1) is 16.9. The van der Waals surface area contributed by atoms with E-state index in [-0.39, 0.29) is 5.69 Å². The van der Waals surface area contributed by atoms with E-state index in [9.17, 15) is 9.59 Å². The lowest BCUT2D eigenvalue weighted by atomic mass is 10.1. The molecule has 0 radical (unpaired) electrons. The van der Waals surface area contributed by atoms with Gasteiger partial charge in [0.15, 0.2) is 11.5 Å². The fourth-order valence-corrected chi connectivity index (χ4v) is 2.79. The van der Waals surface area contributed by atoms with Gasteiger partial charge >= 0.3 is 5.97 Å². The molecular formula is C19H17N5O3. The highest BCUT2D eigenvalue weighted by Gasteiger charge is 2.25. The fourth-order valence-electron chi connectivity index (χ4n) is 2.79. The Hall–Kier alpha value is -3.55. The van der Waals surface area contributed by atoms with Crippen LogP contribution in [0.15, 0.2) is 49.1 Å². The van der Waals surface area contributed by atoms with Crippen molar-refractivity contribution in [3.63, 3.8) is 0 Å². The van der Waals surface area contributed by atoms with E-state index in [0.29, 0.717) is 23.0 Å². The van der Waals surface area contributed by atoms with Crippen LogP contribution in [0.25, 0.3) is 5.82 Å². The Balaban J connectivity index is 1.58. The minimum atomic E-state index is -0.505. The van der Waals surface area contributed by atoms with Crippen molar-refractivity contribution < 1.29 is 14.3 Å². The smallest absolute Gasteiger partial charge is 0.339 e. The van der Waals surface area contributed by atoms with Crippen LogP contribution in [-0.2, 0) is 4.74 Å². The second kappa shape index (κ2) is 6.99. The van der Waals surface area contributed by atoms with Crippen molar-refractivity contribution in [2.75, 3.05) is 12.4 Å². The number of rotatable bonds is 5. The van der Waals surface area contributed by atoms with Crippen LogP contribution in [0.1, 0.15) is 45.2 Å². The molecule has 1 aliphatic rings. The molecule has 1 saturated carbocycles. The number of benzene rings is 1. The van der Waals surface area contributed by atoms with E-state index in [1.54, 1.807) is 41.5 Å². The largest absolute Gasteiger partial charge is 0.465 e. The molecule has 1 fully saturated rings. The molecule has 8 heteroatoms. The molecule has 4 rings (SSSR count). The number of carbonyl (C=O) groups is 2. The summed E-state index contributed by atoms with van der Waals surface area (Å²) in [7, 11) is 1.31. The predicted molar refractivity (Wildman–Crippen MR) is 96.9 cm³/mol. The summed E-state index contributed by atoms with van der Waals surface area (Å²) in [6.07, 6.45) is 7.19. The average Bonchev–Trinajstić information content (AvgIpc) is 3.41. The number of anilines is 1. The van der Waals surface area contributed by atoms with E-state index in [1.165, 1.54) is 7.11 Å². The molecule has 0 saturated heterocycles. The van der Waals surface area contributed by atoms with E-state index >= 15 is 0 Å². The Morgan fingerprint density at radius 2 is 2.04 bits per heavy atom. The van der Waals surface area contributed by atoms with Gasteiger partial charge in [-0.15, -0.1) is 10.2 Å². The van der Waals surface area contributed by atoms with Crippen LogP contribution in [0.3, 0.4) is 0 Å². The Kier molecular flexibility index (Phi) is 4.37. The second-order valence-electron chi connectivity index (χ2n) is 6.27. The number of esters is 1. The summed E-state index contributed by atoms with van der Waals surface area (Å²) in [6.45, 7) is 0. The zero-order valence-corrected chi connectivity index (χ0v) is 14.6. The molecule has 3 aromatic rings. The van der Waals surface area contributed by atoms with Crippen molar-refractivity contribution in [2.24, 2.45) is 0 Å². The van der Waals surface area contributed by atoms with Crippen molar-refractivity contribution >= 4 is 17.6 Å². The van der Waals surface area contributed by atoms with Gasteiger partial charge in [-0.3, -0.25) is 9.36 Å². The molecule has 8 nitrogen and oxygen atoms in total. The zero-order valence-electron chi connectivity index (χ0n) is 14.6. The molecule has 1 N–H and O–H groups in total. The van der Waals surface area contributed by atoms with Gasteiger partial charge in [0.2, 0.25) is 0 Å². The van der Waals surface area contributed by atoms with Gasteiger partial charge in [0.1, 0.15) is 6.33 Å². The Labute approximate surface area is 155 Å². The average molecular weight is 363 g/mol. The lowest BCUT2D eigenvalue weighted by molar-refractivity contribution is 0.0602. The summed E-state index contributed by atoms with van der Waals surface area (Å²) in [5.74, 6) is 0.0867. The van der Waals surface area contributed by atoms with E-state index in [2.05, 4.69) is 20.5 Å². The topological polar surface area (TPSA) is 99.0 Å². The molecule has 136 valence electrons. The van der Waals surface area contributed by atoms with Crippen molar-refractivity contribution in [1.82, 2.24) is 19.7 Å². The zero-order chi connectivity index (χ0) is 18.8. The molecule has 0 aliphatic heterocycles. The van der Waals surface area contributed by atoms with Crippen molar-refractivity contribution in [3.05, 3.63) is 65.9 Å². The summed E-state index contributed by atoms with van der Waals surface area (Å²) in [6, 6.07) is 8.66. The third kappa shape index (κ3) is 3.55. The Morgan fingerprint density at radius 1 is 1.19 bits per heavy atom. The van der Waals surface area contributed by atoms with Gasteiger partial charge in [0.25, 0.3) is 5.91 Å². The minimum absolute atomic E-state index is 0.145. The molecule has 1 aromatic carbocycles. The maximum absolute atomic E-state index is 12.6. The molecule has 0 bridgehead atoms. The maximum atomic E-state index is 12.6. The van der Waals surface area contributed by atoms with Crippen LogP contribution in [0.4, 0.5) is 5.69 Å². The molecule has 27 heavy (non-hydrogen) atoms. The molecule has 2 aromatic heterocycles. The first-order chi connectivity index (χ1) is 13.2. The number of nitrogens with one attached hydrogen (secondary N) is 1. The van der Waals surface area contributed by atoms with Crippen LogP contribution in [-0.4, -0.2) is 38.7 Å². The molecular weight excluding hydrogens is 346 g/mol. The number of hydrogen-bond donors (Lipinski definition) is 1. The van der Waals surface area contributed by atoms with Crippen molar-refractivity contribution in [3.8, 4) is 5.82 Å². The molecule has 0 unspecified atom stereocenters. The van der Waals surface area contributed by atoms with Crippen LogP contribution >= 0.6 is 0 Å². The van der Waals surface area contributed by atoms with Gasteiger partial charge in [-0.25, -0.2) is 9.78 Å². The number of amides is 1. The fraction of sp³-hybridized carbons (Fsp3) is 0.211. The van der Waals surface area contributed by atoms with Crippen LogP contribution < -0.4 is 5.32 Å². The summed E-state index contributed by atoms with van der Waals surface area (Å²) in [5.41, 5.74) is 1.96. The van der Waals surface area contributed by atoms with Gasteiger partial charge < -0.3 is 10.1 Å².